The van der Waals surface area contributed by atoms with E-state index in [0.29, 0.717) is 18.7 Å². The fourth-order valence-corrected chi connectivity index (χ4v) is 3.31. The number of rotatable bonds is 6. The quantitative estimate of drug-likeness (QED) is 0.820. The van der Waals surface area contributed by atoms with E-state index in [-0.39, 0.29) is 24.4 Å². The fraction of sp³-hybridized carbons (Fsp3) is 0.450. The number of hydrogen-bond acceptors (Lipinski definition) is 5. The van der Waals surface area contributed by atoms with E-state index in [1.807, 2.05) is 36.1 Å². The second kappa shape index (κ2) is 10.8. The van der Waals surface area contributed by atoms with Gasteiger partial charge in [-0.3, -0.25) is 4.79 Å². The molecule has 1 atom stereocenters. The Hall–Kier alpha value is -2.18. The summed E-state index contributed by atoms with van der Waals surface area (Å²) in [5.41, 5.74) is 1.63. The first kappa shape index (κ1) is 21.1. The van der Waals surface area contributed by atoms with Crippen LogP contribution in [0.1, 0.15) is 42.1 Å². The van der Waals surface area contributed by atoms with Crippen LogP contribution < -0.4 is 10.1 Å². The Morgan fingerprint density at radius 1 is 1.19 bits per heavy atom. The highest BCUT2D eigenvalue weighted by molar-refractivity contribution is 5.94. The summed E-state index contributed by atoms with van der Waals surface area (Å²) in [6.07, 6.45) is 8.10. The maximum absolute atomic E-state index is 13.3. The van der Waals surface area contributed by atoms with Crippen molar-refractivity contribution in [3.8, 4) is 5.75 Å². The molecule has 0 spiro atoms. The molecule has 0 aliphatic carbocycles. The average molecular weight is 391 g/mol. The molecule has 1 aromatic carbocycles. The maximum Gasteiger partial charge on any atom is 0.254 e. The van der Waals surface area contributed by atoms with E-state index in [2.05, 4.69) is 15.3 Å². The number of aromatic nitrogens is 2. The van der Waals surface area contributed by atoms with E-state index in [0.717, 1.165) is 43.7 Å². The van der Waals surface area contributed by atoms with Crippen LogP contribution in [0.15, 0.2) is 43.0 Å². The molecule has 1 unspecified atom stereocenters. The standard InChI is InChI=1S/C20H26N4O2.ClH/c1-2-26-19-7-5-17(6-8-19)20(25)24(14-16-12-22-15-23-13-16)18-4-3-10-21-11-9-18;/h5-8,12-13,15,18,21H,2-4,9-11,14H2,1H3;1H. The van der Waals surface area contributed by atoms with Gasteiger partial charge in [0.25, 0.3) is 5.91 Å². The Labute approximate surface area is 166 Å². The Morgan fingerprint density at radius 3 is 2.63 bits per heavy atom. The van der Waals surface area contributed by atoms with Crippen LogP contribution in [0.2, 0.25) is 0 Å². The molecule has 3 rings (SSSR count). The highest BCUT2D eigenvalue weighted by atomic mass is 35.5. The average Bonchev–Trinajstić information content (AvgIpc) is 2.97. The molecule has 0 radical (unpaired) electrons. The molecule has 2 aromatic rings. The van der Waals surface area contributed by atoms with Gasteiger partial charge in [-0.05, 0) is 63.5 Å². The maximum atomic E-state index is 13.3. The second-order valence-electron chi connectivity index (χ2n) is 6.47. The molecular weight excluding hydrogens is 364 g/mol. The summed E-state index contributed by atoms with van der Waals surface area (Å²) < 4.78 is 5.48. The first-order chi connectivity index (χ1) is 12.8. The first-order valence-electron chi connectivity index (χ1n) is 9.26. The molecule has 7 heteroatoms. The molecule has 0 saturated carbocycles. The van der Waals surface area contributed by atoms with E-state index in [1.165, 1.54) is 6.33 Å². The van der Waals surface area contributed by atoms with Crippen LogP contribution in [0.3, 0.4) is 0 Å². The highest BCUT2D eigenvalue weighted by Crippen LogP contribution is 2.21. The lowest BCUT2D eigenvalue weighted by molar-refractivity contribution is 0.0645. The number of halogens is 1. The van der Waals surface area contributed by atoms with E-state index < -0.39 is 0 Å². The van der Waals surface area contributed by atoms with Gasteiger partial charge in [0, 0.05) is 36.1 Å². The van der Waals surface area contributed by atoms with Crippen LogP contribution in [-0.4, -0.2) is 46.5 Å². The van der Waals surface area contributed by atoms with Crippen molar-refractivity contribution in [3.05, 3.63) is 54.1 Å². The zero-order chi connectivity index (χ0) is 18.2. The van der Waals surface area contributed by atoms with Gasteiger partial charge in [0.1, 0.15) is 12.1 Å². The number of nitrogens with zero attached hydrogens (tertiary/aromatic N) is 3. The minimum absolute atomic E-state index is 0. The predicted molar refractivity (Wildman–Crippen MR) is 107 cm³/mol. The number of nitrogens with one attached hydrogen (secondary N) is 1. The van der Waals surface area contributed by atoms with E-state index in [9.17, 15) is 4.79 Å². The molecule has 27 heavy (non-hydrogen) atoms. The van der Waals surface area contributed by atoms with Crippen molar-refractivity contribution < 1.29 is 9.53 Å². The van der Waals surface area contributed by atoms with Gasteiger partial charge >= 0.3 is 0 Å². The summed E-state index contributed by atoms with van der Waals surface area (Å²) in [6.45, 7) is 5.03. The number of carbonyl (C=O) groups is 1. The zero-order valence-electron chi connectivity index (χ0n) is 15.6. The van der Waals surface area contributed by atoms with Gasteiger partial charge < -0.3 is 15.0 Å². The van der Waals surface area contributed by atoms with Gasteiger partial charge in [0.15, 0.2) is 0 Å². The number of ether oxygens (including phenoxy) is 1. The van der Waals surface area contributed by atoms with Crippen LogP contribution >= 0.6 is 12.4 Å². The SMILES string of the molecule is CCOc1ccc(C(=O)N(Cc2cncnc2)C2CCCNCC2)cc1.Cl. The van der Waals surface area contributed by atoms with Gasteiger partial charge in [-0.25, -0.2) is 9.97 Å². The Kier molecular flexibility index (Phi) is 8.48. The minimum atomic E-state index is 0. The Bertz CT molecular complexity index is 689. The van der Waals surface area contributed by atoms with Crippen LogP contribution in [0.4, 0.5) is 0 Å². The molecule has 1 fully saturated rings. The van der Waals surface area contributed by atoms with Gasteiger partial charge in [-0.1, -0.05) is 0 Å². The molecule has 146 valence electrons. The molecule has 1 aromatic heterocycles. The summed E-state index contributed by atoms with van der Waals surface area (Å²) in [5, 5.41) is 3.42. The third kappa shape index (κ3) is 5.91. The second-order valence-corrected chi connectivity index (χ2v) is 6.47. The molecule has 1 aliphatic heterocycles. The molecular formula is C20H27ClN4O2. The molecule has 1 amide bonds. The molecule has 1 N–H and O–H groups in total. The van der Waals surface area contributed by atoms with E-state index in [4.69, 9.17) is 4.74 Å². The highest BCUT2D eigenvalue weighted by Gasteiger charge is 2.26. The molecule has 2 heterocycles. The van der Waals surface area contributed by atoms with Crippen molar-refractivity contribution in [3.63, 3.8) is 0 Å². The van der Waals surface area contributed by atoms with Crippen molar-refractivity contribution in [2.75, 3.05) is 19.7 Å². The monoisotopic (exact) mass is 390 g/mol. The van der Waals surface area contributed by atoms with Gasteiger partial charge in [-0.2, -0.15) is 0 Å². The fourth-order valence-electron chi connectivity index (χ4n) is 3.31. The summed E-state index contributed by atoms with van der Waals surface area (Å²) in [5.74, 6) is 0.828. The van der Waals surface area contributed by atoms with E-state index >= 15 is 0 Å². The predicted octanol–water partition coefficient (Wildman–Crippen LogP) is 3.08. The Balaban J connectivity index is 0.00000261. The topological polar surface area (TPSA) is 67.3 Å². The smallest absolute Gasteiger partial charge is 0.254 e. The van der Waals surface area contributed by atoms with Crippen molar-refractivity contribution in [2.24, 2.45) is 0 Å². The molecule has 1 aliphatic rings. The Morgan fingerprint density at radius 2 is 1.93 bits per heavy atom. The normalized spacial score (nSPS) is 16.7. The number of carbonyl (C=O) groups excluding carboxylic acids is 1. The number of amides is 1. The van der Waals surface area contributed by atoms with Crippen LogP contribution in [0.25, 0.3) is 0 Å². The summed E-state index contributed by atoms with van der Waals surface area (Å²) in [6, 6.07) is 7.61. The third-order valence-electron chi connectivity index (χ3n) is 4.63. The lowest BCUT2D eigenvalue weighted by Crippen LogP contribution is -2.40. The summed E-state index contributed by atoms with van der Waals surface area (Å²) in [7, 11) is 0. The largest absolute Gasteiger partial charge is 0.494 e. The first-order valence-corrected chi connectivity index (χ1v) is 9.26. The van der Waals surface area contributed by atoms with Crippen molar-refractivity contribution in [1.29, 1.82) is 0 Å². The van der Waals surface area contributed by atoms with E-state index in [1.54, 1.807) is 12.4 Å². The molecule has 6 nitrogen and oxygen atoms in total. The molecule has 0 bridgehead atoms. The van der Waals surface area contributed by atoms with Crippen molar-refractivity contribution in [1.82, 2.24) is 20.2 Å². The zero-order valence-corrected chi connectivity index (χ0v) is 16.5. The number of benzene rings is 1. The van der Waals surface area contributed by atoms with Crippen LogP contribution in [0.5, 0.6) is 5.75 Å². The summed E-state index contributed by atoms with van der Waals surface area (Å²) in [4.78, 5) is 23.4. The lowest BCUT2D eigenvalue weighted by Gasteiger charge is -2.31. The van der Waals surface area contributed by atoms with Gasteiger partial charge in [-0.15, -0.1) is 12.4 Å². The molecule has 1 saturated heterocycles. The van der Waals surface area contributed by atoms with Crippen molar-refractivity contribution in [2.45, 2.75) is 38.8 Å². The number of hydrogen-bond donors (Lipinski definition) is 1. The van der Waals surface area contributed by atoms with Crippen LogP contribution in [-0.2, 0) is 6.54 Å². The third-order valence-corrected chi connectivity index (χ3v) is 4.63. The van der Waals surface area contributed by atoms with Gasteiger partial charge in [0.05, 0.1) is 6.61 Å². The van der Waals surface area contributed by atoms with Crippen LogP contribution in [0, 0.1) is 0 Å². The lowest BCUT2D eigenvalue weighted by atomic mass is 10.0. The summed E-state index contributed by atoms with van der Waals surface area (Å²) >= 11 is 0. The minimum Gasteiger partial charge on any atom is -0.494 e. The van der Waals surface area contributed by atoms with Gasteiger partial charge in [0.2, 0.25) is 0 Å². The van der Waals surface area contributed by atoms with Crippen molar-refractivity contribution >= 4 is 18.3 Å².